The fraction of sp³-hybridized carbons (Fsp3) is 0.632. The maximum Gasteiger partial charge on any atom is 0.223 e. The number of halogens is 1. The van der Waals surface area contributed by atoms with Crippen LogP contribution in [0.1, 0.15) is 45.1 Å². The molecule has 0 spiro atoms. The first-order chi connectivity index (χ1) is 11.0. The van der Waals surface area contributed by atoms with Gasteiger partial charge in [0, 0.05) is 32.6 Å². The highest BCUT2D eigenvalue weighted by molar-refractivity contribution is 5.77. The summed E-state index contributed by atoms with van der Waals surface area (Å²) >= 11 is 0. The molecule has 2 rings (SSSR count). The van der Waals surface area contributed by atoms with Crippen LogP contribution in [-0.2, 0) is 4.79 Å². The first-order valence-corrected chi connectivity index (χ1v) is 8.75. The minimum Gasteiger partial charge on any atom is -0.340 e. The van der Waals surface area contributed by atoms with E-state index in [4.69, 9.17) is 0 Å². The van der Waals surface area contributed by atoms with Crippen LogP contribution in [0.4, 0.5) is 4.39 Å². The Balaban J connectivity index is 2.00. The second-order valence-electron chi connectivity index (χ2n) is 6.90. The van der Waals surface area contributed by atoms with Crippen LogP contribution in [0.3, 0.4) is 0 Å². The molecule has 1 amide bonds. The monoisotopic (exact) mass is 320 g/mol. The number of rotatable bonds is 6. The summed E-state index contributed by atoms with van der Waals surface area (Å²) in [5, 5.41) is 0. The van der Waals surface area contributed by atoms with Crippen LogP contribution >= 0.6 is 0 Å². The minimum absolute atomic E-state index is 0.173. The lowest BCUT2D eigenvalue weighted by atomic mass is 9.87. The highest BCUT2D eigenvalue weighted by Gasteiger charge is 2.24. The Morgan fingerprint density at radius 3 is 2.26 bits per heavy atom. The lowest BCUT2D eigenvalue weighted by Gasteiger charge is -2.35. The van der Waals surface area contributed by atoms with Crippen LogP contribution in [-0.4, -0.2) is 48.4 Å². The molecule has 3 nitrogen and oxygen atoms in total. The summed E-state index contributed by atoms with van der Waals surface area (Å²) in [6, 6.07) is 6.63. The number of hydrogen-bond acceptors (Lipinski definition) is 2. The van der Waals surface area contributed by atoms with Gasteiger partial charge >= 0.3 is 0 Å². The standard InChI is InChI=1S/C19H29FN2O/c1-4-21-9-11-22(12-10-21)19(23)14-17(13-15(2)3)16-5-7-18(20)8-6-16/h5-8,15,17H,4,9-14H2,1-3H3. The summed E-state index contributed by atoms with van der Waals surface area (Å²) in [4.78, 5) is 17.0. The van der Waals surface area contributed by atoms with Crippen LogP contribution < -0.4 is 0 Å². The molecule has 1 aromatic carbocycles. The van der Waals surface area contributed by atoms with Crippen molar-refractivity contribution in [2.45, 2.75) is 39.5 Å². The van der Waals surface area contributed by atoms with Crippen LogP contribution in [0.5, 0.6) is 0 Å². The molecule has 1 aliphatic heterocycles. The number of hydrogen-bond donors (Lipinski definition) is 0. The zero-order valence-corrected chi connectivity index (χ0v) is 14.6. The Morgan fingerprint density at radius 2 is 1.74 bits per heavy atom. The highest BCUT2D eigenvalue weighted by atomic mass is 19.1. The van der Waals surface area contributed by atoms with E-state index in [9.17, 15) is 9.18 Å². The van der Waals surface area contributed by atoms with E-state index >= 15 is 0 Å². The van der Waals surface area contributed by atoms with Crippen molar-refractivity contribution in [2.24, 2.45) is 5.92 Å². The molecule has 1 aliphatic rings. The molecule has 0 saturated carbocycles. The molecule has 1 saturated heterocycles. The van der Waals surface area contributed by atoms with Gasteiger partial charge in [-0.05, 0) is 42.5 Å². The van der Waals surface area contributed by atoms with E-state index in [2.05, 4.69) is 25.7 Å². The quantitative estimate of drug-likeness (QED) is 0.801. The third kappa shape index (κ3) is 5.31. The summed E-state index contributed by atoms with van der Waals surface area (Å²) < 4.78 is 13.2. The summed E-state index contributed by atoms with van der Waals surface area (Å²) in [6.07, 6.45) is 1.47. The predicted molar refractivity (Wildman–Crippen MR) is 91.9 cm³/mol. The predicted octanol–water partition coefficient (Wildman–Crippen LogP) is 3.51. The molecule has 1 unspecified atom stereocenters. The Morgan fingerprint density at radius 1 is 1.13 bits per heavy atom. The Kier molecular flexibility index (Phi) is 6.58. The summed E-state index contributed by atoms with van der Waals surface area (Å²) in [5.74, 6) is 0.692. The zero-order valence-electron chi connectivity index (χ0n) is 14.6. The fourth-order valence-electron chi connectivity index (χ4n) is 3.29. The van der Waals surface area contributed by atoms with Crippen molar-refractivity contribution in [1.82, 2.24) is 9.80 Å². The van der Waals surface area contributed by atoms with Crippen molar-refractivity contribution >= 4 is 5.91 Å². The molecule has 1 aromatic rings. The first kappa shape index (κ1) is 17.9. The second-order valence-corrected chi connectivity index (χ2v) is 6.90. The summed E-state index contributed by atoms with van der Waals surface area (Å²) in [5.41, 5.74) is 1.07. The van der Waals surface area contributed by atoms with E-state index in [-0.39, 0.29) is 17.6 Å². The second kappa shape index (κ2) is 8.44. The van der Waals surface area contributed by atoms with E-state index in [0.29, 0.717) is 12.3 Å². The maximum absolute atomic E-state index is 13.2. The number of nitrogens with zero attached hydrogens (tertiary/aromatic N) is 2. The van der Waals surface area contributed by atoms with Gasteiger partial charge in [0.1, 0.15) is 5.82 Å². The zero-order chi connectivity index (χ0) is 16.8. The first-order valence-electron chi connectivity index (χ1n) is 8.75. The topological polar surface area (TPSA) is 23.6 Å². The van der Waals surface area contributed by atoms with E-state index in [1.807, 2.05) is 17.0 Å². The number of likely N-dealkylation sites (N-methyl/N-ethyl adjacent to an activating group) is 1. The number of benzene rings is 1. The van der Waals surface area contributed by atoms with Gasteiger partial charge in [-0.25, -0.2) is 4.39 Å². The van der Waals surface area contributed by atoms with Gasteiger partial charge in [0.05, 0.1) is 0 Å². The van der Waals surface area contributed by atoms with E-state index < -0.39 is 0 Å². The average Bonchev–Trinajstić information content (AvgIpc) is 2.54. The average molecular weight is 320 g/mol. The van der Waals surface area contributed by atoms with Gasteiger partial charge in [-0.15, -0.1) is 0 Å². The van der Waals surface area contributed by atoms with Gasteiger partial charge in [-0.2, -0.15) is 0 Å². The van der Waals surface area contributed by atoms with Crippen molar-refractivity contribution in [3.8, 4) is 0 Å². The van der Waals surface area contributed by atoms with E-state index in [1.165, 1.54) is 12.1 Å². The summed E-state index contributed by atoms with van der Waals surface area (Å²) in [7, 11) is 0. The third-order valence-electron chi connectivity index (χ3n) is 4.69. The van der Waals surface area contributed by atoms with Crippen LogP contribution in [0.25, 0.3) is 0 Å². The minimum atomic E-state index is -0.223. The van der Waals surface area contributed by atoms with Crippen LogP contribution in [0.15, 0.2) is 24.3 Å². The number of carbonyl (C=O) groups is 1. The lowest BCUT2D eigenvalue weighted by Crippen LogP contribution is -2.48. The van der Waals surface area contributed by atoms with Gasteiger partial charge in [-0.1, -0.05) is 32.9 Å². The van der Waals surface area contributed by atoms with Gasteiger partial charge in [-0.3, -0.25) is 4.79 Å². The van der Waals surface area contributed by atoms with Crippen LogP contribution in [0.2, 0.25) is 0 Å². The molecule has 4 heteroatoms. The number of piperazine rings is 1. The maximum atomic E-state index is 13.2. The molecule has 128 valence electrons. The van der Waals surface area contributed by atoms with Gasteiger partial charge in [0.2, 0.25) is 5.91 Å². The highest BCUT2D eigenvalue weighted by Crippen LogP contribution is 2.28. The van der Waals surface area contributed by atoms with Crippen molar-refractivity contribution in [3.63, 3.8) is 0 Å². The van der Waals surface area contributed by atoms with Gasteiger partial charge in [0.25, 0.3) is 0 Å². The van der Waals surface area contributed by atoms with Crippen molar-refractivity contribution < 1.29 is 9.18 Å². The molecule has 0 radical (unpaired) electrons. The largest absolute Gasteiger partial charge is 0.340 e. The number of carbonyl (C=O) groups excluding carboxylic acids is 1. The molecule has 1 fully saturated rings. The Labute approximate surface area is 139 Å². The van der Waals surface area contributed by atoms with E-state index in [0.717, 1.165) is 44.7 Å². The van der Waals surface area contributed by atoms with Crippen LogP contribution in [0, 0.1) is 11.7 Å². The van der Waals surface area contributed by atoms with Crippen molar-refractivity contribution in [1.29, 1.82) is 0 Å². The molecule has 1 heterocycles. The molecular weight excluding hydrogens is 291 g/mol. The lowest BCUT2D eigenvalue weighted by molar-refractivity contribution is -0.133. The molecule has 23 heavy (non-hydrogen) atoms. The third-order valence-corrected chi connectivity index (χ3v) is 4.69. The SMILES string of the molecule is CCN1CCN(C(=O)CC(CC(C)C)c2ccc(F)cc2)CC1. The van der Waals surface area contributed by atoms with Crippen molar-refractivity contribution in [2.75, 3.05) is 32.7 Å². The molecule has 0 N–H and O–H groups in total. The normalized spacial score (nSPS) is 17.5. The van der Waals surface area contributed by atoms with Gasteiger partial charge < -0.3 is 9.80 Å². The molecule has 0 aliphatic carbocycles. The summed E-state index contributed by atoms with van der Waals surface area (Å²) in [6.45, 7) is 11.1. The Hall–Kier alpha value is -1.42. The Bertz CT molecular complexity index is 493. The fourth-order valence-corrected chi connectivity index (χ4v) is 3.29. The molecule has 0 aromatic heterocycles. The van der Waals surface area contributed by atoms with E-state index in [1.54, 1.807) is 0 Å². The molecular formula is C19H29FN2O. The number of amides is 1. The molecule has 1 atom stereocenters. The smallest absolute Gasteiger partial charge is 0.223 e. The van der Waals surface area contributed by atoms with Crippen molar-refractivity contribution in [3.05, 3.63) is 35.6 Å². The molecule has 0 bridgehead atoms. The van der Waals surface area contributed by atoms with Gasteiger partial charge in [0.15, 0.2) is 0 Å².